The van der Waals surface area contributed by atoms with Crippen LogP contribution in [0.5, 0.6) is 0 Å². The van der Waals surface area contributed by atoms with Gasteiger partial charge in [0.25, 0.3) is 0 Å². The maximum Gasteiger partial charge on any atom is 0.328 e. The molecule has 1 N–H and O–H groups in total. The molecular weight excluding hydrogens is 388 g/mol. The van der Waals surface area contributed by atoms with Gasteiger partial charge in [-0.25, -0.2) is 4.79 Å². The van der Waals surface area contributed by atoms with E-state index < -0.39 is 6.04 Å². The lowest BCUT2D eigenvalue weighted by molar-refractivity contribution is -0.153. The fourth-order valence-corrected chi connectivity index (χ4v) is 3.81. The van der Waals surface area contributed by atoms with Crippen molar-refractivity contribution in [1.29, 1.82) is 0 Å². The third kappa shape index (κ3) is 9.13. The number of nitrogens with zero attached hydrogens (tertiary/aromatic N) is 1. The van der Waals surface area contributed by atoms with Crippen molar-refractivity contribution in [2.45, 2.75) is 89.5 Å². The topological polar surface area (TPSA) is 102 Å². The molecule has 2 aliphatic rings. The van der Waals surface area contributed by atoms with Crippen LogP contribution in [0.1, 0.15) is 83.5 Å². The molecule has 0 bridgehead atoms. The van der Waals surface area contributed by atoms with Gasteiger partial charge in [0, 0.05) is 32.4 Å². The number of hydrogen-bond donors (Lipinski definition) is 1. The fourth-order valence-electron chi connectivity index (χ4n) is 3.81. The number of carbonyl (C=O) groups excluding carboxylic acids is 4. The number of rotatable bonds is 0. The van der Waals surface area contributed by atoms with Gasteiger partial charge < -0.3 is 19.7 Å². The van der Waals surface area contributed by atoms with Crippen molar-refractivity contribution in [3.05, 3.63) is 0 Å². The van der Waals surface area contributed by atoms with Crippen LogP contribution in [-0.2, 0) is 28.7 Å². The van der Waals surface area contributed by atoms with E-state index in [0.29, 0.717) is 71.2 Å². The van der Waals surface area contributed by atoms with Crippen molar-refractivity contribution in [3.8, 4) is 0 Å². The summed E-state index contributed by atoms with van der Waals surface area (Å²) in [7, 11) is 0. The summed E-state index contributed by atoms with van der Waals surface area (Å²) in [6.07, 6.45) is 8.60. The van der Waals surface area contributed by atoms with E-state index in [-0.39, 0.29) is 23.8 Å². The van der Waals surface area contributed by atoms with Crippen LogP contribution in [0.2, 0.25) is 0 Å². The summed E-state index contributed by atoms with van der Waals surface area (Å²) in [5, 5.41) is 2.85. The first-order valence-electron chi connectivity index (χ1n) is 11.5. The highest BCUT2D eigenvalue weighted by molar-refractivity contribution is 5.85. The molecule has 2 saturated heterocycles. The molecule has 0 aromatic carbocycles. The molecule has 2 rings (SSSR count). The first-order chi connectivity index (χ1) is 14.6. The van der Waals surface area contributed by atoms with Gasteiger partial charge in [-0.2, -0.15) is 0 Å². The Bertz CT molecular complexity index is 580. The summed E-state index contributed by atoms with van der Waals surface area (Å²) in [6, 6.07) is -0.471. The van der Waals surface area contributed by atoms with Crippen LogP contribution in [0.25, 0.3) is 0 Å². The molecule has 2 heterocycles. The highest BCUT2D eigenvalue weighted by atomic mass is 16.5. The van der Waals surface area contributed by atoms with E-state index in [9.17, 15) is 19.2 Å². The van der Waals surface area contributed by atoms with Crippen LogP contribution in [0.3, 0.4) is 0 Å². The molecule has 30 heavy (non-hydrogen) atoms. The number of hydrogen-bond acceptors (Lipinski definition) is 6. The lowest BCUT2D eigenvalue weighted by atomic mass is 10.1. The monoisotopic (exact) mass is 424 g/mol. The van der Waals surface area contributed by atoms with Gasteiger partial charge in [-0.3, -0.25) is 14.4 Å². The number of carbonyl (C=O) groups is 4. The smallest absolute Gasteiger partial charge is 0.328 e. The molecule has 0 aromatic rings. The van der Waals surface area contributed by atoms with Gasteiger partial charge in [0.1, 0.15) is 6.04 Å². The maximum atomic E-state index is 12.5. The number of cyclic esters (lactones) is 2. The quantitative estimate of drug-likeness (QED) is 0.600. The third-order valence-corrected chi connectivity index (χ3v) is 5.57. The summed E-state index contributed by atoms with van der Waals surface area (Å²) in [4.78, 5) is 50.1. The van der Waals surface area contributed by atoms with Gasteiger partial charge >= 0.3 is 11.9 Å². The molecule has 1 atom stereocenters. The van der Waals surface area contributed by atoms with Crippen LogP contribution >= 0.6 is 0 Å². The van der Waals surface area contributed by atoms with E-state index in [0.717, 1.165) is 38.5 Å². The van der Waals surface area contributed by atoms with E-state index in [1.54, 1.807) is 4.90 Å². The molecule has 0 radical (unpaired) electrons. The zero-order valence-corrected chi connectivity index (χ0v) is 18.0. The second-order valence-electron chi connectivity index (χ2n) is 8.06. The van der Waals surface area contributed by atoms with Crippen LogP contribution in [0.4, 0.5) is 0 Å². The number of esters is 2. The predicted octanol–water partition coefficient (Wildman–Crippen LogP) is 2.48. The van der Waals surface area contributed by atoms with Gasteiger partial charge in [-0.1, -0.05) is 0 Å². The summed E-state index contributed by atoms with van der Waals surface area (Å²) >= 11 is 0. The Labute approximate surface area is 179 Å². The van der Waals surface area contributed by atoms with Crippen molar-refractivity contribution in [3.63, 3.8) is 0 Å². The summed E-state index contributed by atoms with van der Waals surface area (Å²) < 4.78 is 10.6. The van der Waals surface area contributed by atoms with Crippen LogP contribution in [0.15, 0.2) is 0 Å². The third-order valence-electron chi connectivity index (χ3n) is 5.57. The second kappa shape index (κ2) is 14.0. The molecule has 2 fully saturated rings. The van der Waals surface area contributed by atoms with E-state index >= 15 is 0 Å². The molecule has 1 unspecified atom stereocenters. The minimum atomic E-state index is -0.471. The summed E-state index contributed by atoms with van der Waals surface area (Å²) in [5.41, 5.74) is 0. The van der Waals surface area contributed by atoms with Crippen molar-refractivity contribution >= 4 is 23.8 Å². The van der Waals surface area contributed by atoms with Gasteiger partial charge in [-0.05, 0) is 64.2 Å². The van der Waals surface area contributed by atoms with E-state index in [1.165, 1.54) is 0 Å². The first kappa shape index (κ1) is 24.2. The number of amides is 2. The Hall–Kier alpha value is -2.12. The molecule has 8 nitrogen and oxygen atoms in total. The molecule has 2 amide bonds. The van der Waals surface area contributed by atoms with Gasteiger partial charge in [0.2, 0.25) is 11.8 Å². The van der Waals surface area contributed by atoms with Gasteiger partial charge in [0.05, 0.1) is 13.2 Å². The van der Waals surface area contributed by atoms with E-state index in [4.69, 9.17) is 9.47 Å². The molecule has 0 spiro atoms. The summed E-state index contributed by atoms with van der Waals surface area (Å²) in [6.45, 7) is 1.90. The molecule has 0 aliphatic carbocycles. The Balaban J connectivity index is 1.80. The van der Waals surface area contributed by atoms with Crippen molar-refractivity contribution < 1.29 is 28.7 Å². The fraction of sp³-hybridized carbons (Fsp3) is 0.818. The highest BCUT2D eigenvalue weighted by Crippen LogP contribution is 2.20. The zero-order chi connectivity index (χ0) is 21.6. The molecular formula is C22H36N2O6. The minimum absolute atomic E-state index is 0.0297. The zero-order valence-electron chi connectivity index (χ0n) is 18.0. The Morgan fingerprint density at radius 2 is 1.43 bits per heavy atom. The Morgan fingerprint density at radius 1 is 0.733 bits per heavy atom. The number of ether oxygens (including phenoxy) is 2. The minimum Gasteiger partial charge on any atom is -0.466 e. The molecule has 0 saturated carbocycles. The standard InChI is InChI=1S/C22H36N2O6/c25-19-11-3-4-12-20(26)24-15-9-10-18(24)22(28)30-17-8-2-1-7-16-29-21(27)13-5-6-14-23-19/h18H,1-17H2,(H,23,25). The van der Waals surface area contributed by atoms with E-state index in [2.05, 4.69) is 5.32 Å². The van der Waals surface area contributed by atoms with Gasteiger partial charge in [0.15, 0.2) is 0 Å². The Kier molecular flexibility index (Phi) is 11.3. The molecule has 0 aromatic heterocycles. The maximum absolute atomic E-state index is 12.5. The van der Waals surface area contributed by atoms with Gasteiger partial charge in [-0.15, -0.1) is 0 Å². The highest BCUT2D eigenvalue weighted by Gasteiger charge is 2.34. The molecule has 170 valence electrons. The van der Waals surface area contributed by atoms with Crippen molar-refractivity contribution in [2.24, 2.45) is 0 Å². The lowest BCUT2D eigenvalue weighted by Gasteiger charge is -2.23. The molecule has 2 aliphatic heterocycles. The number of nitrogens with one attached hydrogen (secondary N) is 1. The number of fused-ring (bicyclic) bond motifs is 1. The Morgan fingerprint density at radius 3 is 2.23 bits per heavy atom. The normalized spacial score (nSPS) is 25.1. The van der Waals surface area contributed by atoms with Crippen molar-refractivity contribution in [2.75, 3.05) is 26.3 Å². The summed E-state index contributed by atoms with van der Waals surface area (Å²) in [5.74, 6) is -0.573. The van der Waals surface area contributed by atoms with Crippen LogP contribution in [-0.4, -0.2) is 61.0 Å². The lowest BCUT2D eigenvalue weighted by Crippen LogP contribution is -2.41. The average Bonchev–Trinajstić information content (AvgIpc) is 3.22. The predicted molar refractivity (Wildman–Crippen MR) is 110 cm³/mol. The van der Waals surface area contributed by atoms with Crippen LogP contribution in [0, 0.1) is 0 Å². The average molecular weight is 425 g/mol. The second-order valence-corrected chi connectivity index (χ2v) is 8.06. The van der Waals surface area contributed by atoms with Crippen molar-refractivity contribution in [1.82, 2.24) is 10.2 Å². The van der Waals surface area contributed by atoms with Crippen LogP contribution < -0.4 is 5.32 Å². The largest absolute Gasteiger partial charge is 0.466 e. The molecule has 8 heteroatoms. The first-order valence-corrected chi connectivity index (χ1v) is 11.5. The SMILES string of the molecule is O=C1CCCCC(=O)N2CCCC2C(=O)OCCCCCCOC(=O)CCCCN1. The van der Waals surface area contributed by atoms with E-state index in [1.807, 2.05) is 0 Å².